The molecule has 1 heterocycles. The van der Waals surface area contributed by atoms with Gasteiger partial charge in [-0.1, -0.05) is 6.07 Å². The number of hydrogen-bond acceptors (Lipinski definition) is 3. The maximum absolute atomic E-state index is 12.0. The Morgan fingerprint density at radius 2 is 1.90 bits per heavy atom. The normalized spacial score (nSPS) is 9.50. The second-order valence-electron chi connectivity index (χ2n) is 4.08. The quantitative estimate of drug-likeness (QED) is 0.939. The van der Waals surface area contributed by atoms with E-state index in [0.29, 0.717) is 18.0 Å². The molecule has 2 aromatic rings. The zero-order valence-corrected chi connectivity index (χ0v) is 12.2. The first-order valence-corrected chi connectivity index (χ1v) is 6.17. The number of amides is 1. The molecule has 0 spiro atoms. The van der Waals surface area contributed by atoms with E-state index in [2.05, 4.69) is 10.3 Å². The molecule has 2 rings (SSSR count). The first-order chi connectivity index (χ1) is 9.19. The largest absolute Gasteiger partial charge is 0.494 e. The Labute approximate surface area is 124 Å². The van der Waals surface area contributed by atoms with Crippen molar-refractivity contribution >= 4 is 24.1 Å². The number of halogens is 1. The summed E-state index contributed by atoms with van der Waals surface area (Å²) < 4.78 is 5.33. The van der Waals surface area contributed by atoms with Crippen LogP contribution in [0, 0.1) is 6.92 Å². The van der Waals surface area contributed by atoms with Crippen LogP contribution >= 0.6 is 12.4 Å². The van der Waals surface area contributed by atoms with Gasteiger partial charge in [0.1, 0.15) is 11.6 Å². The van der Waals surface area contributed by atoms with Crippen molar-refractivity contribution in [1.29, 1.82) is 0 Å². The minimum atomic E-state index is -0.179. The highest BCUT2D eigenvalue weighted by atomic mass is 35.5. The van der Waals surface area contributed by atoms with Crippen LogP contribution < -0.4 is 10.1 Å². The molecule has 20 heavy (non-hydrogen) atoms. The molecule has 5 heteroatoms. The van der Waals surface area contributed by atoms with Crippen LogP contribution in [0.5, 0.6) is 5.75 Å². The number of aryl methyl sites for hydroxylation is 1. The van der Waals surface area contributed by atoms with Crippen molar-refractivity contribution in [3.05, 3.63) is 53.7 Å². The van der Waals surface area contributed by atoms with Crippen LogP contribution in [-0.2, 0) is 0 Å². The van der Waals surface area contributed by atoms with Crippen LogP contribution in [0.1, 0.15) is 23.0 Å². The van der Waals surface area contributed by atoms with Crippen molar-refractivity contribution in [3.8, 4) is 5.75 Å². The Kier molecular flexibility index (Phi) is 6.00. The molecule has 1 aromatic carbocycles. The fourth-order valence-corrected chi connectivity index (χ4v) is 1.67. The molecule has 0 fully saturated rings. The van der Waals surface area contributed by atoms with Crippen LogP contribution in [0.2, 0.25) is 0 Å². The summed E-state index contributed by atoms with van der Waals surface area (Å²) in [4.78, 5) is 16.2. The lowest BCUT2D eigenvalue weighted by Gasteiger charge is -2.06. The maximum Gasteiger partial charge on any atom is 0.256 e. The summed E-state index contributed by atoms with van der Waals surface area (Å²) in [5, 5.41) is 2.76. The summed E-state index contributed by atoms with van der Waals surface area (Å²) in [6, 6.07) is 12.5. The van der Waals surface area contributed by atoms with Gasteiger partial charge in [-0.15, -0.1) is 12.4 Å². The summed E-state index contributed by atoms with van der Waals surface area (Å²) in [5.74, 6) is 1.13. The van der Waals surface area contributed by atoms with Crippen molar-refractivity contribution in [2.75, 3.05) is 11.9 Å². The number of aromatic nitrogens is 1. The van der Waals surface area contributed by atoms with Crippen LogP contribution in [0.25, 0.3) is 0 Å². The number of anilines is 1. The first kappa shape index (κ1) is 16.0. The second-order valence-corrected chi connectivity index (χ2v) is 4.08. The molecule has 1 aromatic heterocycles. The average Bonchev–Trinajstić information content (AvgIpc) is 2.40. The number of rotatable bonds is 4. The van der Waals surface area contributed by atoms with E-state index >= 15 is 0 Å². The smallest absolute Gasteiger partial charge is 0.256 e. The van der Waals surface area contributed by atoms with Gasteiger partial charge < -0.3 is 10.1 Å². The molecule has 0 atom stereocenters. The van der Waals surface area contributed by atoms with E-state index in [4.69, 9.17) is 4.74 Å². The van der Waals surface area contributed by atoms with Crippen molar-refractivity contribution < 1.29 is 9.53 Å². The number of carbonyl (C=O) groups excluding carboxylic acids is 1. The van der Waals surface area contributed by atoms with Crippen LogP contribution in [0.4, 0.5) is 5.82 Å². The van der Waals surface area contributed by atoms with E-state index < -0.39 is 0 Å². The highest BCUT2D eigenvalue weighted by Crippen LogP contribution is 2.13. The highest BCUT2D eigenvalue weighted by molar-refractivity contribution is 6.03. The van der Waals surface area contributed by atoms with Gasteiger partial charge >= 0.3 is 0 Å². The fourth-order valence-electron chi connectivity index (χ4n) is 1.67. The third-order valence-corrected chi connectivity index (χ3v) is 2.56. The lowest BCUT2D eigenvalue weighted by molar-refractivity contribution is 0.102. The van der Waals surface area contributed by atoms with Crippen LogP contribution in [-0.4, -0.2) is 17.5 Å². The van der Waals surface area contributed by atoms with E-state index in [-0.39, 0.29) is 18.3 Å². The lowest BCUT2D eigenvalue weighted by atomic mass is 10.2. The van der Waals surface area contributed by atoms with E-state index in [1.165, 1.54) is 0 Å². The Morgan fingerprint density at radius 1 is 1.20 bits per heavy atom. The van der Waals surface area contributed by atoms with E-state index in [1.807, 2.05) is 26.0 Å². The standard InChI is InChI=1S/C15H16N2O2.ClH/c1-3-19-13-9-7-12(8-10-13)15(18)17-14-6-4-5-11(2)16-14;/h4-10H,3H2,1-2H3,(H,16,17,18);1H. The summed E-state index contributed by atoms with van der Waals surface area (Å²) >= 11 is 0. The van der Waals surface area contributed by atoms with Gasteiger partial charge in [-0.25, -0.2) is 4.98 Å². The van der Waals surface area contributed by atoms with Gasteiger partial charge in [0, 0.05) is 11.3 Å². The van der Waals surface area contributed by atoms with Gasteiger partial charge in [-0.05, 0) is 50.2 Å². The van der Waals surface area contributed by atoms with Gasteiger partial charge in [0.2, 0.25) is 0 Å². The second kappa shape index (κ2) is 7.50. The van der Waals surface area contributed by atoms with E-state index in [0.717, 1.165) is 11.4 Å². The topological polar surface area (TPSA) is 51.2 Å². The average molecular weight is 293 g/mol. The Bertz CT molecular complexity index is 570. The summed E-state index contributed by atoms with van der Waals surface area (Å²) in [6.45, 7) is 4.41. The molecule has 0 saturated heterocycles. The van der Waals surface area contributed by atoms with Crippen molar-refractivity contribution in [1.82, 2.24) is 4.98 Å². The highest BCUT2D eigenvalue weighted by Gasteiger charge is 2.06. The molecule has 0 radical (unpaired) electrons. The number of ether oxygens (including phenoxy) is 1. The van der Waals surface area contributed by atoms with E-state index in [1.54, 1.807) is 30.3 Å². The number of nitrogens with one attached hydrogen (secondary N) is 1. The molecule has 4 nitrogen and oxygen atoms in total. The molecule has 1 N–H and O–H groups in total. The fraction of sp³-hybridized carbons (Fsp3) is 0.200. The number of hydrogen-bond donors (Lipinski definition) is 1. The van der Waals surface area contributed by atoms with Crippen molar-refractivity contribution in [3.63, 3.8) is 0 Å². The predicted molar refractivity (Wildman–Crippen MR) is 81.8 cm³/mol. The van der Waals surface area contributed by atoms with Gasteiger partial charge in [0.25, 0.3) is 5.91 Å². The summed E-state index contributed by atoms with van der Waals surface area (Å²) in [6.07, 6.45) is 0. The molecular weight excluding hydrogens is 276 g/mol. The predicted octanol–water partition coefficient (Wildman–Crippen LogP) is 3.46. The molecule has 0 saturated carbocycles. The van der Waals surface area contributed by atoms with Crippen molar-refractivity contribution in [2.24, 2.45) is 0 Å². The van der Waals surface area contributed by atoms with Crippen LogP contribution in [0.3, 0.4) is 0 Å². The third kappa shape index (κ3) is 4.24. The lowest BCUT2D eigenvalue weighted by Crippen LogP contribution is -2.13. The SMILES string of the molecule is CCOc1ccc(C(=O)Nc2cccc(C)n2)cc1.Cl. The molecule has 106 valence electrons. The summed E-state index contributed by atoms with van der Waals surface area (Å²) in [5.41, 5.74) is 1.44. The monoisotopic (exact) mass is 292 g/mol. The molecule has 0 unspecified atom stereocenters. The number of nitrogens with zero attached hydrogens (tertiary/aromatic N) is 1. The molecule has 0 aliphatic heterocycles. The zero-order valence-electron chi connectivity index (χ0n) is 11.4. The van der Waals surface area contributed by atoms with Crippen LogP contribution in [0.15, 0.2) is 42.5 Å². The van der Waals surface area contributed by atoms with Gasteiger partial charge in [0.05, 0.1) is 6.61 Å². The first-order valence-electron chi connectivity index (χ1n) is 6.17. The van der Waals surface area contributed by atoms with Gasteiger partial charge in [-0.3, -0.25) is 4.79 Å². The summed E-state index contributed by atoms with van der Waals surface area (Å²) in [7, 11) is 0. The molecule has 0 aliphatic carbocycles. The number of benzene rings is 1. The van der Waals surface area contributed by atoms with Crippen molar-refractivity contribution in [2.45, 2.75) is 13.8 Å². The van der Waals surface area contributed by atoms with E-state index in [9.17, 15) is 4.79 Å². The molecule has 1 amide bonds. The third-order valence-electron chi connectivity index (χ3n) is 2.56. The Morgan fingerprint density at radius 3 is 2.50 bits per heavy atom. The Hall–Kier alpha value is -2.07. The van der Waals surface area contributed by atoms with Gasteiger partial charge in [0.15, 0.2) is 0 Å². The zero-order chi connectivity index (χ0) is 13.7. The minimum Gasteiger partial charge on any atom is -0.494 e. The Balaban J connectivity index is 0.00000200. The number of carbonyl (C=O) groups is 1. The molecule has 0 aliphatic rings. The number of pyridine rings is 1. The van der Waals surface area contributed by atoms with Gasteiger partial charge in [-0.2, -0.15) is 0 Å². The molecule has 0 bridgehead atoms. The maximum atomic E-state index is 12.0. The molecular formula is C15H17ClN2O2. The minimum absolute atomic E-state index is 0.